The van der Waals surface area contributed by atoms with Crippen LogP contribution in [0.5, 0.6) is 17.2 Å². The third-order valence-corrected chi connectivity index (χ3v) is 8.17. The van der Waals surface area contributed by atoms with Gasteiger partial charge >= 0.3 is 5.97 Å². The normalized spacial score (nSPS) is 23.1. The van der Waals surface area contributed by atoms with Gasteiger partial charge in [0.15, 0.2) is 11.5 Å². The van der Waals surface area contributed by atoms with Crippen molar-refractivity contribution in [1.29, 1.82) is 0 Å². The van der Waals surface area contributed by atoms with Gasteiger partial charge in [0, 0.05) is 6.54 Å². The lowest BCUT2D eigenvalue weighted by Gasteiger charge is -2.49. The van der Waals surface area contributed by atoms with Crippen molar-refractivity contribution in [2.45, 2.75) is 83.1 Å². The summed E-state index contributed by atoms with van der Waals surface area (Å²) in [7, 11) is 4.70. The van der Waals surface area contributed by atoms with Gasteiger partial charge in [0.25, 0.3) is 0 Å². The monoisotopic (exact) mass is 475 g/mol. The molecule has 1 amide bonds. The molecule has 1 aliphatic carbocycles. The SMILES string of the molecule is CC[C@H](C)[C@]1(C(=O)O)CCCCN1C(=O)[C@H](c1cc(OC)c(OC)c(OC)c1)C1CCCCC1. The lowest BCUT2D eigenvalue weighted by molar-refractivity contribution is -0.168. The molecule has 0 unspecified atom stereocenters. The first kappa shape index (κ1) is 26.2. The van der Waals surface area contributed by atoms with E-state index in [1.54, 1.807) is 26.2 Å². The lowest BCUT2D eigenvalue weighted by Crippen LogP contribution is -2.64. The molecule has 1 N–H and O–H groups in total. The summed E-state index contributed by atoms with van der Waals surface area (Å²) in [5.74, 6) is 0.100. The van der Waals surface area contributed by atoms with Crippen LogP contribution in [0, 0.1) is 11.8 Å². The highest BCUT2D eigenvalue weighted by Crippen LogP contribution is 2.46. The van der Waals surface area contributed by atoms with Crippen LogP contribution >= 0.6 is 0 Å². The van der Waals surface area contributed by atoms with Gasteiger partial charge < -0.3 is 24.2 Å². The number of amides is 1. The van der Waals surface area contributed by atoms with Crippen molar-refractivity contribution in [3.63, 3.8) is 0 Å². The van der Waals surface area contributed by atoms with Crippen molar-refractivity contribution in [2.75, 3.05) is 27.9 Å². The maximum Gasteiger partial charge on any atom is 0.329 e. The number of nitrogens with zero attached hydrogens (tertiary/aromatic N) is 1. The molecule has 0 spiro atoms. The molecule has 1 heterocycles. The highest BCUT2D eigenvalue weighted by Gasteiger charge is 2.53. The van der Waals surface area contributed by atoms with Crippen LogP contribution in [0.3, 0.4) is 0 Å². The molecule has 0 radical (unpaired) electrons. The number of hydrogen-bond acceptors (Lipinski definition) is 5. The molecule has 7 nitrogen and oxygen atoms in total. The van der Waals surface area contributed by atoms with E-state index in [1.807, 2.05) is 26.0 Å². The summed E-state index contributed by atoms with van der Waals surface area (Å²) in [5.41, 5.74) is -0.363. The van der Waals surface area contributed by atoms with Crippen molar-refractivity contribution in [3.05, 3.63) is 17.7 Å². The number of carboxylic acid groups (broad SMARTS) is 1. The number of carbonyl (C=O) groups excluding carboxylic acids is 1. The zero-order chi connectivity index (χ0) is 24.9. The van der Waals surface area contributed by atoms with Crippen LogP contribution in [-0.4, -0.2) is 55.3 Å². The van der Waals surface area contributed by atoms with Crippen LogP contribution in [0.2, 0.25) is 0 Å². The Morgan fingerprint density at radius 1 is 1.03 bits per heavy atom. The second-order valence-corrected chi connectivity index (χ2v) is 9.82. The molecule has 3 atom stereocenters. The maximum absolute atomic E-state index is 14.4. The maximum atomic E-state index is 14.4. The molecule has 190 valence electrons. The van der Waals surface area contributed by atoms with E-state index in [9.17, 15) is 14.7 Å². The lowest BCUT2D eigenvalue weighted by atomic mass is 9.72. The first-order chi connectivity index (χ1) is 16.3. The minimum Gasteiger partial charge on any atom is -0.493 e. The Morgan fingerprint density at radius 3 is 2.15 bits per heavy atom. The van der Waals surface area contributed by atoms with E-state index in [0.717, 1.165) is 44.1 Å². The van der Waals surface area contributed by atoms with Gasteiger partial charge in [-0.15, -0.1) is 0 Å². The van der Waals surface area contributed by atoms with Crippen molar-refractivity contribution in [1.82, 2.24) is 4.90 Å². The number of carbonyl (C=O) groups is 2. The summed E-state index contributed by atoms with van der Waals surface area (Å²) in [6.45, 7) is 4.45. The number of likely N-dealkylation sites (tertiary alicyclic amines) is 1. The highest BCUT2D eigenvalue weighted by atomic mass is 16.5. The standard InChI is InChI=1S/C27H41NO6/c1-6-18(2)27(26(30)31)14-10-11-15-28(27)25(29)23(19-12-8-7-9-13-19)20-16-21(32-3)24(34-5)22(17-20)33-4/h16-19,23H,6-15H2,1-5H3,(H,30,31)/t18-,23-,27-/m0/s1. The zero-order valence-electron chi connectivity index (χ0n) is 21.4. The highest BCUT2D eigenvalue weighted by molar-refractivity contribution is 5.91. The number of methoxy groups -OCH3 is 3. The van der Waals surface area contributed by atoms with Crippen LogP contribution in [-0.2, 0) is 9.59 Å². The van der Waals surface area contributed by atoms with Crippen LogP contribution in [0.1, 0.15) is 83.1 Å². The Hall–Kier alpha value is -2.44. The Bertz CT molecular complexity index is 840. The van der Waals surface area contributed by atoms with Crippen LogP contribution in [0.15, 0.2) is 12.1 Å². The second-order valence-electron chi connectivity index (χ2n) is 9.82. The molecule has 0 bridgehead atoms. The molecule has 0 aromatic heterocycles. The largest absolute Gasteiger partial charge is 0.493 e. The Balaban J connectivity index is 2.14. The molecule has 3 rings (SSSR count). The first-order valence-corrected chi connectivity index (χ1v) is 12.7. The average molecular weight is 476 g/mol. The summed E-state index contributed by atoms with van der Waals surface area (Å²) >= 11 is 0. The van der Waals surface area contributed by atoms with Gasteiger partial charge in [0.1, 0.15) is 5.54 Å². The van der Waals surface area contributed by atoms with E-state index in [4.69, 9.17) is 14.2 Å². The Labute approximate surface area is 203 Å². The summed E-state index contributed by atoms with van der Waals surface area (Å²) < 4.78 is 16.7. The van der Waals surface area contributed by atoms with Gasteiger partial charge in [-0.3, -0.25) is 4.79 Å². The first-order valence-electron chi connectivity index (χ1n) is 12.7. The smallest absolute Gasteiger partial charge is 0.329 e. The predicted octanol–water partition coefficient (Wildman–Crippen LogP) is 5.26. The fourth-order valence-electron chi connectivity index (χ4n) is 6.12. The second kappa shape index (κ2) is 11.3. The topological polar surface area (TPSA) is 85.3 Å². The molecule has 1 saturated carbocycles. The van der Waals surface area contributed by atoms with Crippen LogP contribution < -0.4 is 14.2 Å². The predicted molar refractivity (Wildman–Crippen MR) is 131 cm³/mol. The van der Waals surface area contributed by atoms with E-state index in [1.165, 1.54) is 6.42 Å². The number of benzene rings is 1. The van der Waals surface area contributed by atoms with E-state index in [2.05, 4.69) is 0 Å². The number of piperidine rings is 1. The van der Waals surface area contributed by atoms with Crippen molar-refractivity contribution >= 4 is 11.9 Å². The molecule has 2 aliphatic rings. The van der Waals surface area contributed by atoms with Crippen molar-refractivity contribution in [2.24, 2.45) is 11.8 Å². The van der Waals surface area contributed by atoms with E-state index >= 15 is 0 Å². The number of ether oxygens (including phenoxy) is 3. The summed E-state index contributed by atoms with van der Waals surface area (Å²) in [4.78, 5) is 28.9. The van der Waals surface area contributed by atoms with Gasteiger partial charge in [-0.25, -0.2) is 4.79 Å². The Morgan fingerprint density at radius 2 is 1.65 bits per heavy atom. The molecule has 1 aliphatic heterocycles. The zero-order valence-corrected chi connectivity index (χ0v) is 21.4. The number of carboxylic acids is 1. The molecule has 1 aromatic carbocycles. The van der Waals surface area contributed by atoms with E-state index < -0.39 is 17.4 Å². The molecule has 2 fully saturated rings. The van der Waals surface area contributed by atoms with Gasteiger partial charge in [0.05, 0.1) is 27.2 Å². The van der Waals surface area contributed by atoms with Crippen LogP contribution in [0.25, 0.3) is 0 Å². The summed E-state index contributed by atoms with van der Waals surface area (Å²) in [6, 6.07) is 3.74. The Kier molecular flexibility index (Phi) is 8.72. The third kappa shape index (κ3) is 4.71. The minimum atomic E-state index is -1.17. The number of hydrogen-bond donors (Lipinski definition) is 1. The molecule has 1 aromatic rings. The summed E-state index contributed by atoms with van der Waals surface area (Å²) in [5, 5.41) is 10.5. The van der Waals surface area contributed by atoms with Gasteiger partial charge in [0.2, 0.25) is 11.7 Å². The van der Waals surface area contributed by atoms with E-state index in [0.29, 0.717) is 36.6 Å². The van der Waals surface area contributed by atoms with E-state index in [-0.39, 0.29) is 17.7 Å². The van der Waals surface area contributed by atoms with Crippen LogP contribution in [0.4, 0.5) is 0 Å². The van der Waals surface area contributed by atoms with Gasteiger partial charge in [-0.1, -0.05) is 39.5 Å². The number of rotatable bonds is 9. The molecule has 1 saturated heterocycles. The fourth-order valence-corrected chi connectivity index (χ4v) is 6.12. The quantitative estimate of drug-likeness (QED) is 0.524. The van der Waals surface area contributed by atoms with Gasteiger partial charge in [-0.2, -0.15) is 0 Å². The summed E-state index contributed by atoms with van der Waals surface area (Å²) in [6.07, 6.45) is 8.06. The van der Waals surface area contributed by atoms with Crippen molar-refractivity contribution < 1.29 is 28.9 Å². The molecule has 7 heteroatoms. The fraction of sp³-hybridized carbons (Fsp3) is 0.704. The molecular weight excluding hydrogens is 434 g/mol. The average Bonchev–Trinajstić information content (AvgIpc) is 2.87. The van der Waals surface area contributed by atoms with Crippen molar-refractivity contribution in [3.8, 4) is 17.2 Å². The molecule has 34 heavy (non-hydrogen) atoms. The number of aliphatic carboxylic acids is 1. The third-order valence-electron chi connectivity index (χ3n) is 8.17. The van der Waals surface area contributed by atoms with Gasteiger partial charge in [-0.05, 0) is 61.6 Å². The minimum absolute atomic E-state index is 0.0800. The molecular formula is C27H41NO6.